The number of rotatable bonds is 3. The zero-order valence-corrected chi connectivity index (χ0v) is 14.9. The molecule has 1 aromatic rings. The molecule has 3 nitrogen and oxygen atoms in total. The SMILES string of the molecule is CC1(C)Cc2cc(C(Br)C(C)(C)S(C)(=O)=O)ccc2O1. The molecule has 0 amide bonds. The van der Waals surface area contributed by atoms with Crippen LogP contribution >= 0.6 is 15.9 Å². The lowest BCUT2D eigenvalue weighted by Crippen LogP contribution is -2.35. The van der Waals surface area contributed by atoms with Crippen LogP contribution in [0.3, 0.4) is 0 Å². The first-order valence-corrected chi connectivity index (χ1v) is 9.40. The second kappa shape index (κ2) is 4.73. The number of alkyl halides is 1. The molecule has 0 fully saturated rings. The molecular weight excluding hydrogens is 340 g/mol. The maximum absolute atomic E-state index is 11.9. The van der Waals surface area contributed by atoms with E-state index in [1.165, 1.54) is 6.26 Å². The van der Waals surface area contributed by atoms with E-state index in [9.17, 15) is 8.42 Å². The van der Waals surface area contributed by atoms with E-state index in [1.807, 2.05) is 12.1 Å². The second-order valence-electron chi connectivity index (χ2n) is 6.64. The third-order valence-electron chi connectivity index (χ3n) is 3.95. The molecule has 0 saturated carbocycles. The van der Waals surface area contributed by atoms with Crippen LogP contribution in [0.1, 0.15) is 43.6 Å². The van der Waals surface area contributed by atoms with E-state index in [0.29, 0.717) is 0 Å². The summed E-state index contributed by atoms with van der Waals surface area (Å²) in [6, 6.07) is 5.93. The summed E-state index contributed by atoms with van der Waals surface area (Å²) in [5, 5.41) is 0. The van der Waals surface area contributed by atoms with Gasteiger partial charge in [-0.05, 0) is 44.9 Å². The number of halogens is 1. The second-order valence-corrected chi connectivity index (χ2v) is 10.2. The predicted molar refractivity (Wildman–Crippen MR) is 85.4 cm³/mol. The number of fused-ring (bicyclic) bond motifs is 1. The van der Waals surface area contributed by atoms with Crippen LogP contribution in [0.25, 0.3) is 0 Å². The Balaban J connectivity index is 2.38. The molecule has 1 aliphatic rings. The van der Waals surface area contributed by atoms with Gasteiger partial charge in [-0.15, -0.1) is 0 Å². The summed E-state index contributed by atoms with van der Waals surface area (Å²) < 4.78 is 28.9. The highest BCUT2D eigenvalue weighted by molar-refractivity contribution is 9.09. The zero-order valence-electron chi connectivity index (χ0n) is 12.5. The molecule has 5 heteroatoms. The number of hydrogen-bond donors (Lipinski definition) is 0. The van der Waals surface area contributed by atoms with Gasteiger partial charge in [-0.3, -0.25) is 0 Å². The summed E-state index contributed by atoms with van der Waals surface area (Å²) >= 11 is 3.56. The van der Waals surface area contributed by atoms with E-state index in [0.717, 1.165) is 23.3 Å². The van der Waals surface area contributed by atoms with Gasteiger partial charge in [0.1, 0.15) is 11.4 Å². The van der Waals surface area contributed by atoms with E-state index in [4.69, 9.17) is 4.74 Å². The van der Waals surface area contributed by atoms with Crippen molar-refractivity contribution in [2.75, 3.05) is 6.26 Å². The first kappa shape index (κ1) is 15.8. The maximum atomic E-state index is 11.9. The fourth-order valence-corrected chi connectivity index (χ4v) is 4.19. The maximum Gasteiger partial charge on any atom is 0.154 e. The van der Waals surface area contributed by atoms with E-state index >= 15 is 0 Å². The molecule has 0 aromatic heterocycles. The van der Waals surface area contributed by atoms with Crippen LogP contribution in [0.2, 0.25) is 0 Å². The van der Waals surface area contributed by atoms with E-state index < -0.39 is 14.6 Å². The molecule has 0 aliphatic carbocycles. The molecule has 2 rings (SSSR count). The van der Waals surface area contributed by atoms with Crippen LogP contribution in [0.15, 0.2) is 18.2 Å². The highest BCUT2D eigenvalue weighted by Crippen LogP contribution is 2.42. The molecule has 1 atom stereocenters. The number of hydrogen-bond acceptors (Lipinski definition) is 3. The lowest BCUT2D eigenvalue weighted by Gasteiger charge is -2.29. The van der Waals surface area contributed by atoms with Gasteiger partial charge in [0, 0.05) is 12.7 Å². The van der Waals surface area contributed by atoms with Crippen LogP contribution in [0.5, 0.6) is 5.75 Å². The van der Waals surface area contributed by atoms with Crippen LogP contribution in [0.4, 0.5) is 0 Å². The number of sulfone groups is 1. The third kappa shape index (κ3) is 2.75. The van der Waals surface area contributed by atoms with Crippen LogP contribution in [0, 0.1) is 0 Å². The molecule has 20 heavy (non-hydrogen) atoms. The quantitative estimate of drug-likeness (QED) is 0.772. The molecule has 1 heterocycles. The van der Waals surface area contributed by atoms with Crippen LogP contribution < -0.4 is 4.74 Å². The van der Waals surface area contributed by atoms with Crippen molar-refractivity contribution in [3.8, 4) is 5.75 Å². The molecule has 0 spiro atoms. The monoisotopic (exact) mass is 360 g/mol. The Kier molecular flexibility index (Phi) is 3.75. The molecule has 1 unspecified atom stereocenters. The first-order chi connectivity index (χ1) is 8.94. The molecule has 0 bridgehead atoms. The fourth-order valence-electron chi connectivity index (χ4n) is 2.38. The Morgan fingerprint density at radius 2 is 1.95 bits per heavy atom. The highest BCUT2D eigenvalue weighted by Gasteiger charge is 2.39. The van der Waals surface area contributed by atoms with Crippen molar-refractivity contribution < 1.29 is 13.2 Å². The first-order valence-electron chi connectivity index (χ1n) is 6.59. The minimum Gasteiger partial charge on any atom is -0.487 e. The largest absolute Gasteiger partial charge is 0.487 e. The predicted octanol–water partition coefficient (Wildman–Crippen LogP) is 3.66. The molecule has 0 radical (unpaired) electrons. The fraction of sp³-hybridized carbons (Fsp3) is 0.600. The van der Waals surface area contributed by atoms with Gasteiger partial charge in [0.2, 0.25) is 0 Å². The van der Waals surface area contributed by atoms with Crippen molar-refractivity contribution >= 4 is 25.8 Å². The Morgan fingerprint density at radius 1 is 1.35 bits per heavy atom. The highest BCUT2D eigenvalue weighted by atomic mass is 79.9. The smallest absolute Gasteiger partial charge is 0.154 e. The standard InChI is InChI=1S/C15H21BrO3S/c1-14(2)9-11-8-10(6-7-12(11)19-14)13(16)15(3,4)20(5,17)18/h6-8,13H,9H2,1-5H3. The van der Waals surface area contributed by atoms with Crippen LogP contribution in [-0.2, 0) is 16.3 Å². The van der Waals surface area contributed by atoms with Gasteiger partial charge in [-0.1, -0.05) is 28.1 Å². The van der Waals surface area contributed by atoms with Crippen molar-refractivity contribution in [2.24, 2.45) is 0 Å². The summed E-state index contributed by atoms with van der Waals surface area (Å²) in [6.45, 7) is 7.60. The van der Waals surface area contributed by atoms with Crippen molar-refractivity contribution in [2.45, 2.75) is 49.3 Å². The number of ether oxygens (including phenoxy) is 1. The van der Waals surface area contributed by atoms with Crippen molar-refractivity contribution in [3.63, 3.8) is 0 Å². The van der Waals surface area contributed by atoms with Gasteiger partial charge < -0.3 is 4.74 Å². The minimum absolute atomic E-state index is 0.185. The van der Waals surface area contributed by atoms with Gasteiger partial charge >= 0.3 is 0 Å². The summed E-state index contributed by atoms with van der Waals surface area (Å²) in [7, 11) is -3.16. The number of benzene rings is 1. The summed E-state index contributed by atoms with van der Waals surface area (Å²) in [5.74, 6) is 0.899. The van der Waals surface area contributed by atoms with E-state index in [-0.39, 0.29) is 10.4 Å². The topological polar surface area (TPSA) is 43.4 Å². The van der Waals surface area contributed by atoms with Gasteiger partial charge in [-0.2, -0.15) is 0 Å². The summed E-state index contributed by atoms with van der Waals surface area (Å²) in [5.41, 5.74) is 1.93. The van der Waals surface area contributed by atoms with Gasteiger partial charge in [0.25, 0.3) is 0 Å². The van der Waals surface area contributed by atoms with E-state index in [1.54, 1.807) is 13.8 Å². The average Bonchev–Trinajstić information content (AvgIpc) is 2.58. The zero-order chi connectivity index (χ0) is 15.3. The molecule has 1 aliphatic heterocycles. The summed E-state index contributed by atoms with van der Waals surface area (Å²) in [4.78, 5) is -0.251. The lowest BCUT2D eigenvalue weighted by molar-refractivity contribution is 0.138. The normalized spacial score (nSPS) is 19.3. The molecule has 1 aromatic carbocycles. The summed E-state index contributed by atoms with van der Waals surface area (Å²) in [6.07, 6.45) is 2.12. The van der Waals surface area contributed by atoms with Gasteiger partial charge in [-0.25, -0.2) is 8.42 Å². The molecule has 112 valence electrons. The van der Waals surface area contributed by atoms with Crippen molar-refractivity contribution in [3.05, 3.63) is 29.3 Å². The van der Waals surface area contributed by atoms with E-state index in [2.05, 4.69) is 35.8 Å². The Morgan fingerprint density at radius 3 is 2.50 bits per heavy atom. The Bertz CT molecular complexity index is 633. The molecular formula is C15H21BrO3S. The van der Waals surface area contributed by atoms with Gasteiger partial charge in [0.15, 0.2) is 9.84 Å². The van der Waals surface area contributed by atoms with Crippen molar-refractivity contribution in [1.82, 2.24) is 0 Å². The molecule has 0 saturated heterocycles. The van der Waals surface area contributed by atoms with Crippen LogP contribution in [-0.4, -0.2) is 25.0 Å². The minimum atomic E-state index is -3.16. The lowest BCUT2D eigenvalue weighted by atomic mass is 9.96. The molecule has 0 N–H and O–H groups in total. The Labute approximate surface area is 129 Å². The van der Waals surface area contributed by atoms with Gasteiger partial charge in [0.05, 0.1) is 9.57 Å². The van der Waals surface area contributed by atoms with Crippen molar-refractivity contribution in [1.29, 1.82) is 0 Å². The third-order valence-corrected chi connectivity index (χ3v) is 8.07. The Hall–Kier alpha value is -0.550. The average molecular weight is 361 g/mol.